The Kier molecular flexibility index (Phi) is 4.93. The molecule has 1 saturated heterocycles. The Hall–Kier alpha value is -1.16. The first-order valence-electron chi connectivity index (χ1n) is 6.52. The quantitative estimate of drug-likeness (QED) is 0.674. The first-order chi connectivity index (χ1) is 8.75. The molecule has 0 unspecified atom stereocenters. The van der Waals surface area contributed by atoms with E-state index in [0.717, 1.165) is 36.5 Å². The Morgan fingerprint density at radius 1 is 1.11 bits per heavy atom. The molecule has 0 saturated carbocycles. The molecule has 18 heavy (non-hydrogen) atoms. The smallest absolute Gasteiger partial charge is 0.232 e. The van der Waals surface area contributed by atoms with Gasteiger partial charge in [0, 0.05) is 23.7 Å². The maximum absolute atomic E-state index is 12.1. The molecule has 1 aliphatic rings. The van der Waals surface area contributed by atoms with Crippen LogP contribution in [0, 0.1) is 0 Å². The van der Waals surface area contributed by atoms with Gasteiger partial charge in [-0.05, 0) is 37.1 Å². The van der Waals surface area contributed by atoms with E-state index in [1.807, 2.05) is 29.2 Å². The first-order valence-corrected chi connectivity index (χ1v) is 7.50. The van der Waals surface area contributed by atoms with Gasteiger partial charge in [0.15, 0.2) is 0 Å². The van der Waals surface area contributed by atoms with Crippen molar-refractivity contribution < 1.29 is 4.79 Å². The van der Waals surface area contributed by atoms with Crippen LogP contribution < -0.4 is 5.73 Å². The summed E-state index contributed by atoms with van der Waals surface area (Å²) < 4.78 is 0. The number of thioether (sulfide) groups is 1. The van der Waals surface area contributed by atoms with Crippen molar-refractivity contribution in [3.05, 3.63) is 24.3 Å². The molecular weight excluding hydrogens is 244 g/mol. The second-order valence-corrected chi connectivity index (χ2v) is 5.70. The highest BCUT2D eigenvalue weighted by atomic mass is 32.2. The van der Waals surface area contributed by atoms with Gasteiger partial charge in [0.1, 0.15) is 0 Å². The molecule has 3 nitrogen and oxygen atoms in total. The van der Waals surface area contributed by atoms with Crippen molar-refractivity contribution in [2.75, 3.05) is 24.6 Å². The fourth-order valence-electron chi connectivity index (χ4n) is 2.12. The molecule has 1 aromatic rings. The maximum Gasteiger partial charge on any atom is 0.232 e. The number of hydrogen-bond acceptors (Lipinski definition) is 3. The molecule has 1 aromatic carbocycles. The highest BCUT2D eigenvalue weighted by Crippen LogP contribution is 2.20. The lowest BCUT2D eigenvalue weighted by Crippen LogP contribution is -2.33. The minimum Gasteiger partial charge on any atom is -0.399 e. The summed E-state index contributed by atoms with van der Waals surface area (Å²) in [5.74, 6) is 0.794. The molecule has 98 valence electrons. The zero-order valence-electron chi connectivity index (χ0n) is 10.6. The fourth-order valence-corrected chi connectivity index (χ4v) is 2.92. The Morgan fingerprint density at radius 2 is 1.72 bits per heavy atom. The van der Waals surface area contributed by atoms with Gasteiger partial charge in [-0.25, -0.2) is 0 Å². The van der Waals surface area contributed by atoms with Crippen LogP contribution in [0.4, 0.5) is 5.69 Å². The minimum absolute atomic E-state index is 0.263. The lowest BCUT2D eigenvalue weighted by molar-refractivity contribution is -0.128. The number of nitrogens with two attached hydrogens (primary N) is 1. The summed E-state index contributed by atoms with van der Waals surface area (Å²) in [6.45, 7) is 1.86. The summed E-state index contributed by atoms with van der Waals surface area (Å²) in [5.41, 5.74) is 6.39. The van der Waals surface area contributed by atoms with E-state index in [9.17, 15) is 4.79 Å². The zero-order valence-corrected chi connectivity index (χ0v) is 11.4. The van der Waals surface area contributed by atoms with Gasteiger partial charge in [0.05, 0.1) is 5.75 Å². The molecule has 0 aromatic heterocycles. The van der Waals surface area contributed by atoms with E-state index in [2.05, 4.69) is 0 Å². The van der Waals surface area contributed by atoms with Crippen LogP contribution in [0.2, 0.25) is 0 Å². The molecule has 1 amide bonds. The van der Waals surface area contributed by atoms with Crippen LogP contribution >= 0.6 is 11.8 Å². The van der Waals surface area contributed by atoms with Crippen molar-refractivity contribution in [2.45, 2.75) is 30.6 Å². The van der Waals surface area contributed by atoms with E-state index < -0.39 is 0 Å². The Morgan fingerprint density at radius 3 is 2.33 bits per heavy atom. The number of carbonyl (C=O) groups is 1. The van der Waals surface area contributed by atoms with Gasteiger partial charge in [-0.2, -0.15) is 0 Å². The van der Waals surface area contributed by atoms with Crippen LogP contribution in [0.5, 0.6) is 0 Å². The number of nitrogens with zero attached hydrogens (tertiary/aromatic N) is 1. The average molecular weight is 264 g/mol. The number of likely N-dealkylation sites (tertiary alicyclic amines) is 1. The number of hydrogen-bond donors (Lipinski definition) is 1. The van der Waals surface area contributed by atoms with Crippen LogP contribution in [0.3, 0.4) is 0 Å². The molecule has 0 radical (unpaired) electrons. The van der Waals surface area contributed by atoms with Crippen molar-refractivity contribution >= 4 is 23.4 Å². The van der Waals surface area contributed by atoms with Crippen molar-refractivity contribution in [2.24, 2.45) is 0 Å². The average Bonchev–Trinajstić information content (AvgIpc) is 2.66. The van der Waals surface area contributed by atoms with E-state index in [0.29, 0.717) is 5.75 Å². The SMILES string of the molecule is Nc1ccc(SCC(=O)N2CCCCCC2)cc1. The van der Waals surface area contributed by atoms with Crippen molar-refractivity contribution in [1.29, 1.82) is 0 Å². The third-order valence-electron chi connectivity index (χ3n) is 3.20. The molecule has 4 heteroatoms. The van der Waals surface area contributed by atoms with Crippen molar-refractivity contribution in [3.8, 4) is 0 Å². The van der Waals surface area contributed by atoms with E-state index in [-0.39, 0.29) is 5.91 Å². The predicted octanol–water partition coefficient (Wildman–Crippen LogP) is 2.76. The Labute approximate surface area is 113 Å². The van der Waals surface area contributed by atoms with Gasteiger partial charge in [-0.1, -0.05) is 12.8 Å². The van der Waals surface area contributed by atoms with Gasteiger partial charge in [-0.15, -0.1) is 11.8 Å². The highest BCUT2D eigenvalue weighted by Gasteiger charge is 2.15. The Bertz CT molecular complexity index is 383. The van der Waals surface area contributed by atoms with E-state index in [4.69, 9.17) is 5.73 Å². The summed E-state index contributed by atoms with van der Waals surface area (Å²) in [7, 11) is 0. The van der Waals surface area contributed by atoms with Crippen molar-refractivity contribution in [1.82, 2.24) is 4.90 Å². The van der Waals surface area contributed by atoms with Gasteiger partial charge in [-0.3, -0.25) is 4.79 Å². The zero-order chi connectivity index (χ0) is 12.8. The number of nitrogen functional groups attached to an aromatic ring is 1. The number of carbonyl (C=O) groups excluding carboxylic acids is 1. The van der Waals surface area contributed by atoms with E-state index in [1.54, 1.807) is 11.8 Å². The van der Waals surface area contributed by atoms with Crippen LogP contribution in [0.1, 0.15) is 25.7 Å². The number of rotatable bonds is 3. The van der Waals surface area contributed by atoms with E-state index in [1.165, 1.54) is 12.8 Å². The number of benzene rings is 1. The summed E-state index contributed by atoms with van der Waals surface area (Å²) in [6, 6.07) is 7.68. The lowest BCUT2D eigenvalue weighted by Gasteiger charge is -2.19. The molecule has 0 atom stereocenters. The molecule has 0 bridgehead atoms. The molecule has 2 N–H and O–H groups in total. The van der Waals surface area contributed by atoms with Gasteiger partial charge < -0.3 is 10.6 Å². The molecule has 0 aliphatic carbocycles. The summed E-state index contributed by atoms with van der Waals surface area (Å²) in [4.78, 5) is 15.2. The normalized spacial score (nSPS) is 16.3. The molecule has 2 rings (SSSR count). The predicted molar refractivity (Wildman–Crippen MR) is 76.6 cm³/mol. The Balaban J connectivity index is 1.81. The third kappa shape index (κ3) is 3.95. The van der Waals surface area contributed by atoms with Crippen LogP contribution in [0.25, 0.3) is 0 Å². The monoisotopic (exact) mass is 264 g/mol. The molecule has 1 heterocycles. The minimum atomic E-state index is 0.263. The highest BCUT2D eigenvalue weighted by molar-refractivity contribution is 8.00. The number of anilines is 1. The van der Waals surface area contributed by atoms with Crippen LogP contribution in [-0.2, 0) is 4.79 Å². The van der Waals surface area contributed by atoms with Crippen molar-refractivity contribution in [3.63, 3.8) is 0 Å². The first kappa shape index (κ1) is 13.3. The van der Waals surface area contributed by atoms with Gasteiger partial charge >= 0.3 is 0 Å². The van der Waals surface area contributed by atoms with Gasteiger partial charge in [0.25, 0.3) is 0 Å². The second kappa shape index (κ2) is 6.69. The third-order valence-corrected chi connectivity index (χ3v) is 4.20. The van der Waals surface area contributed by atoms with Crippen LogP contribution in [-0.4, -0.2) is 29.6 Å². The standard InChI is InChI=1S/C14H20N2OS/c15-12-5-7-13(8-6-12)18-11-14(17)16-9-3-1-2-4-10-16/h5-8H,1-4,9-11,15H2. The van der Waals surface area contributed by atoms with Gasteiger partial charge in [0.2, 0.25) is 5.91 Å². The summed E-state index contributed by atoms with van der Waals surface area (Å²) >= 11 is 1.59. The summed E-state index contributed by atoms with van der Waals surface area (Å²) in [6.07, 6.45) is 4.82. The summed E-state index contributed by atoms with van der Waals surface area (Å²) in [5, 5.41) is 0. The molecule has 0 spiro atoms. The fraction of sp³-hybridized carbons (Fsp3) is 0.500. The van der Waals surface area contributed by atoms with Crippen LogP contribution in [0.15, 0.2) is 29.2 Å². The topological polar surface area (TPSA) is 46.3 Å². The largest absolute Gasteiger partial charge is 0.399 e. The maximum atomic E-state index is 12.1. The number of amides is 1. The van der Waals surface area contributed by atoms with E-state index >= 15 is 0 Å². The second-order valence-electron chi connectivity index (χ2n) is 4.65. The molecule has 1 aliphatic heterocycles. The molecular formula is C14H20N2OS. The lowest BCUT2D eigenvalue weighted by atomic mass is 10.2. The molecule has 1 fully saturated rings.